The van der Waals surface area contributed by atoms with Crippen LogP contribution in [0.15, 0.2) is 85.3 Å². The average molecular weight is 934 g/mol. The van der Waals surface area contributed by atoms with Crippen molar-refractivity contribution in [2.24, 2.45) is 5.73 Å². The number of aromatic nitrogens is 2. The molecule has 19 heteroatoms. The molecule has 2 atom stereocenters. The molecule has 1 saturated heterocycles. The van der Waals surface area contributed by atoms with Gasteiger partial charge in [0.15, 0.2) is 0 Å². The Balaban J connectivity index is 0.748. The van der Waals surface area contributed by atoms with Crippen LogP contribution in [-0.4, -0.2) is 127 Å². The van der Waals surface area contributed by atoms with E-state index in [0.29, 0.717) is 79.2 Å². The van der Waals surface area contributed by atoms with Gasteiger partial charge in [-0.15, -0.1) is 0 Å². The maximum Gasteiger partial charge on any atom is 0.280 e. The third-order valence-corrected chi connectivity index (χ3v) is 11.4. The number of anilines is 2. The third kappa shape index (κ3) is 14.7. The lowest BCUT2D eigenvalue weighted by molar-refractivity contribution is -0.373. The smallest absolute Gasteiger partial charge is 0.280 e. The number of amidine groups is 2. The quantitative estimate of drug-likeness (QED) is 0.0170. The van der Waals surface area contributed by atoms with Crippen molar-refractivity contribution in [3.8, 4) is 5.75 Å². The molecule has 4 aromatic rings. The molecule has 6 rings (SSSR count). The number of nitrogens with zero attached hydrogens (tertiary/aromatic N) is 4. The molecule has 1 fully saturated rings. The predicted molar refractivity (Wildman–Crippen MR) is 254 cm³/mol. The lowest BCUT2D eigenvalue weighted by atomic mass is 10.0. The highest BCUT2D eigenvalue weighted by atomic mass is 16.5. The van der Waals surface area contributed by atoms with Crippen molar-refractivity contribution >= 4 is 52.6 Å². The Bertz CT molecular complexity index is 2420. The van der Waals surface area contributed by atoms with E-state index in [9.17, 15) is 24.0 Å². The summed E-state index contributed by atoms with van der Waals surface area (Å²) >= 11 is 0. The zero-order valence-electron chi connectivity index (χ0n) is 38.6. The minimum atomic E-state index is -0.725. The van der Waals surface area contributed by atoms with Crippen LogP contribution in [-0.2, 0) is 35.1 Å². The van der Waals surface area contributed by atoms with Gasteiger partial charge in [0.1, 0.15) is 30.4 Å². The molecule has 68 heavy (non-hydrogen) atoms. The van der Waals surface area contributed by atoms with E-state index in [-0.39, 0.29) is 74.5 Å². The number of nitrogens with two attached hydrogens (primary N) is 1. The second kappa shape index (κ2) is 25.7. The van der Waals surface area contributed by atoms with Gasteiger partial charge in [-0.05, 0) is 86.7 Å². The molecule has 0 aliphatic carbocycles. The Hall–Kier alpha value is -7.09. The first-order chi connectivity index (χ1) is 33.0. The van der Waals surface area contributed by atoms with E-state index in [1.807, 2.05) is 37.3 Å². The Kier molecular flexibility index (Phi) is 19.0. The summed E-state index contributed by atoms with van der Waals surface area (Å²) < 4.78 is 24.3. The highest BCUT2D eigenvalue weighted by Gasteiger charge is 2.40. The molecule has 3 heterocycles. The highest BCUT2D eigenvalue weighted by molar-refractivity contribution is 6.07. The van der Waals surface area contributed by atoms with Crippen LogP contribution in [0.2, 0.25) is 0 Å². The topological polar surface area (TPSA) is 252 Å². The molecule has 7 N–H and O–H groups in total. The summed E-state index contributed by atoms with van der Waals surface area (Å²) in [6.07, 6.45) is 7.40. The number of carbonyl (C=O) groups is 5. The fourth-order valence-electron chi connectivity index (χ4n) is 7.52. The van der Waals surface area contributed by atoms with Gasteiger partial charge in [0.2, 0.25) is 23.6 Å². The third-order valence-electron chi connectivity index (χ3n) is 11.4. The number of carbonyl (C=O) groups excluding carboxylic acids is 5. The van der Waals surface area contributed by atoms with Gasteiger partial charge < -0.3 is 45.5 Å². The minimum Gasteiger partial charge on any atom is -0.494 e. The van der Waals surface area contributed by atoms with Gasteiger partial charge in [0, 0.05) is 53.8 Å². The van der Waals surface area contributed by atoms with Gasteiger partial charge in [0.05, 0.1) is 59.2 Å². The molecule has 3 aromatic carbocycles. The summed E-state index contributed by atoms with van der Waals surface area (Å²) in [6.45, 7) is 5.44. The van der Waals surface area contributed by atoms with E-state index in [2.05, 4.69) is 31.2 Å². The first-order valence-corrected chi connectivity index (χ1v) is 22.9. The first-order valence-electron chi connectivity index (χ1n) is 22.9. The van der Waals surface area contributed by atoms with Crippen LogP contribution in [0.3, 0.4) is 0 Å². The molecule has 19 nitrogen and oxygen atoms in total. The normalized spacial score (nSPS) is 15.2. The number of amides is 5. The maximum atomic E-state index is 13.1. The second-order valence-corrected chi connectivity index (χ2v) is 16.3. The van der Waals surface area contributed by atoms with E-state index >= 15 is 0 Å². The molecular formula is C49H61N10O9+. The largest absolute Gasteiger partial charge is 0.494 e. The molecule has 2 aliphatic rings. The zero-order chi connectivity index (χ0) is 48.3. The Labute approximate surface area is 395 Å². The van der Waals surface area contributed by atoms with Crippen LogP contribution in [0.5, 0.6) is 5.75 Å². The molecule has 0 spiro atoms. The summed E-state index contributed by atoms with van der Waals surface area (Å²) in [5, 5.41) is 19.8. The van der Waals surface area contributed by atoms with E-state index in [1.54, 1.807) is 55.7 Å². The lowest BCUT2D eigenvalue weighted by Gasteiger charge is -2.29. The molecule has 360 valence electrons. The number of hydrogen-bond donors (Lipinski definition) is 6. The fraction of sp³-hybridized carbons (Fsp3) is 0.408. The Morgan fingerprint density at radius 1 is 0.912 bits per heavy atom. The van der Waals surface area contributed by atoms with Gasteiger partial charge in [-0.1, -0.05) is 30.7 Å². The monoisotopic (exact) mass is 933 g/mol. The Morgan fingerprint density at radius 2 is 1.63 bits per heavy atom. The number of benzene rings is 3. The molecule has 1 aromatic heterocycles. The van der Waals surface area contributed by atoms with Gasteiger partial charge >= 0.3 is 0 Å². The van der Waals surface area contributed by atoms with Crippen LogP contribution >= 0.6 is 0 Å². The van der Waals surface area contributed by atoms with Gasteiger partial charge in [0.25, 0.3) is 17.6 Å². The summed E-state index contributed by atoms with van der Waals surface area (Å²) in [5.41, 5.74) is 10.5. The van der Waals surface area contributed by atoms with Crippen molar-refractivity contribution in [1.29, 1.82) is 5.41 Å². The number of hydrogen-bond acceptors (Lipinski definition) is 13. The van der Waals surface area contributed by atoms with Crippen molar-refractivity contribution in [3.05, 3.63) is 113 Å². The number of unbranched alkanes of at least 4 members (excludes halogenated alkanes) is 3. The number of fused-ring (bicyclic) bond motifs is 1. The van der Waals surface area contributed by atoms with Gasteiger partial charge in [-0.3, -0.25) is 29.3 Å². The van der Waals surface area contributed by atoms with Crippen LogP contribution in [0, 0.1) is 5.41 Å². The van der Waals surface area contributed by atoms with Gasteiger partial charge in [-0.25, -0.2) is 14.5 Å². The molecule has 0 saturated carbocycles. The van der Waals surface area contributed by atoms with Crippen LogP contribution in [0.25, 0.3) is 0 Å². The zero-order valence-corrected chi connectivity index (χ0v) is 38.6. The molecular weight excluding hydrogens is 873 g/mol. The van der Waals surface area contributed by atoms with E-state index in [4.69, 9.17) is 30.1 Å². The number of piperidine rings is 1. The van der Waals surface area contributed by atoms with Crippen molar-refractivity contribution in [3.63, 3.8) is 0 Å². The van der Waals surface area contributed by atoms with Crippen molar-refractivity contribution in [2.75, 3.05) is 70.5 Å². The van der Waals surface area contributed by atoms with E-state index in [0.717, 1.165) is 37.0 Å². The average Bonchev–Trinajstić information content (AvgIpc) is 3.69. The fourth-order valence-corrected chi connectivity index (χ4v) is 7.52. The summed E-state index contributed by atoms with van der Waals surface area (Å²) in [6, 6.07) is 20.7. The Morgan fingerprint density at radius 3 is 2.37 bits per heavy atom. The lowest BCUT2D eigenvalue weighted by Crippen LogP contribution is -2.52. The predicted octanol–water partition coefficient (Wildman–Crippen LogP) is 4.18. The van der Waals surface area contributed by atoms with Crippen LogP contribution in [0.4, 0.5) is 11.4 Å². The molecule has 2 aliphatic heterocycles. The summed E-state index contributed by atoms with van der Waals surface area (Å²) in [7, 11) is 1.69. The number of nitrogens with one attached hydrogen (secondary N) is 5. The molecule has 5 amide bonds. The highest BCUT2D eigenvalue weighted by Crippen LogP contribution is 2.32. The first kappa shape index (κ1) is 50.3. The number of imide groups is 1. The van der Waals surface area contributed by atoms with E-state index < -0.39 is 11.9 Å². The van der Waals surface area contributed by atoms with E-state index in [1.165, 1.54) is 15.8 Å². The summed E-state index contributed by atoms with van der Waals surface area (Å²) in [4.78, 5) is 72.2. The van der Waals surface area contributed by atoms with Crippen LogP contribution in [0.1, 0.15) is 95.4 Å². The number of rotatable bonds is 26. The number of ether oxygens (including phenoxy) is 4. The van der Waals surface area contributed by atoms with Crippen molar-refractivity contribution in [2.45, 2.75) is 70.5 Å². The van der Waals surface area contributed by atoms with Crippen LogP contribution < -0.4 is 31.7 Å². The van der Waals surface area contributed by atoms with Crippen molar-refractivity contribution in [1.82, 2.24) is 25.5 Å². The molecule has 1 unspecified atom stereocenters. The molecule has 0 bridgehead atoms. The van der Waals surface area contributed by atoms with Gasteiger partial charge in [-0.2, -0.15) is 5.41 Å². The summed E-state index contributed by atoms with van der Waals surface area (Å²) in [5.74, 6) is -0.268. The molecule has 0 radical (unpaired) electrons. The standard InChI is InChI=1S/C49H60N10O9/c1-33(55-47(62)35-9-7-10-36(29-35)53-30-43(50)58(2)46(51)41-19-21-52-32-54-41)34-13-15-37(16-14-34)68-23-6-4-3-5-22-65-25-27-67-28-26-66-24-20-45(61)56-40-12-8-11-38-39(40)31-59(49(38)64)42-17-18-44(60)57-48(42)63/h7-16,19,21,29,32-33,42,50-51,53H,3-6,17-18,20,22-28,30-31H2,1-2H3,(H3,55,56,57,60,61,62,63)/p+1/t33-,42?/m1/s1. The SMILES string of the molecule is C[C@@H](NC(=O)c1cccc(NCC(N)=[N+](C)C(=N)c2ccncn2)c1)c1ccc(OCCCCCCOCCOCCOCCC(=O)Nc2cccc3c2CN(C2CCC(=O)NC2=O)C3=O)cc1. The maximum absolute atomic E-state index is 13.1. The minimum absolute atomic E-state index is 0.120. The van der Waals surface area contributed by atoms with Crippen molar-refractivity contribution < 1.29 is 47.5 Å². The second-order valence-electron chi connectivity index (χ2n) is 16.3.